The minimum atomic E-state index is -0.503. The van der Waals surface area contributed by atoms with Gasteiger partial charge in [0.05, 0.1) is 12.7 Å². The van der Waals surface area contributed by atoms with Gasteiger partial charge in [-0.05, 0) is 37.6 Å². The van der Waals surface area contributed by atoms with Gasteiger partial charge in [0.2, 0.25) is 0 Å². The van der Waals surface area contributed by atoms with Crippen LogP contribution in [-0.2, 0) is 11.3 Å². The number of pyridine rings is 1. The first-order valence-corrected chi connectivity index (χ1v) is 8.15. The standard InChI is InChI=1S/C19H20N2O5/c1-3-26-8-4-7-21-12-14(9-13(11-20)19(21)24)18(23)16-10-15(25-2)5-6-17(16)22/h5-6,9-10,12,22H,3-4,7-8H2,1-2H3. The summed E-state index contributed by atoms with van der Waals surface area (Å²) in [5.74, 6) is -0.295. The number of carbonyl (C=O) groups excluding carboxylic acids is 1. The Bertz CT molecular complexity index is 896. The fraction of sp³-hybridized carbons (Fsp3) is 0.316. The Labute approximate surface area is 151 Å². The smallest absolute Gasteiger partial charge is 0.268 e. The lowest BCUT2D eigenvalue weighted by Crippen LogP contribution is -2.24. The number of ether oxygens (including phenoxy) is 2. The molecular weight excluding hydrogens is 336 g/mol. The van der Waals surface area contributed by atoms with Crippen molar-refractivity contribution < 1.29 is 19.4 Å². The highest BCUT2D eigenvalue weighted by atomic mass is 16.5. The van der Waals surface area contributed by atoms with E-state index in [1.807, 2.05) is 13.0 Å². The number of methoxy groups -OCH3 is 1. The Kier molecular flexibility index (Phi) is 6.53. The van der Waals surface area contributed by atoms with Crippen LogP contribution in [0, 0.1) is 11.3 Å². The summed E-state index contributed by atoms with van der Waals surface area (Å²) in [5.41, 5.74) is -0.418. The van der Waals surface area contributed by atoms with Gasteiger partial charge < -0.3 is 19.1 Å². The molecule has 0 saturated heterocycles. The Morgan fingerprint density at radius 2 is 2.12 bits per heavy atom. The number of carbonyl (C=O) groups is 1. The van der Waals surface area contributed by atoms with Gasteiger partial charge in [-0.3, -0.25) is 9.59 Å². The van der Waals surface area contributed by atoms with Gasteiger partial charge >= 0.3 is 0 Å². The van der Waals surface area contributed by atoms with Crippen LogP contribution in [0.5, 0.6) is 11.5 Å². The number of benzene rings is 1. The van der Waals surface area contributed by atoms with Crippen LogP contribution in [-0.4, -0.2) is 35.8 Å². The van der Waals surface area contributed by atoms with Gasteiger partial charge in [-0.2, -0.15) is 5.26 Å². The van der Waals surface area contributed by atoms with Crippen LogP contribution in [0.15, 0.2) is 35.3 Å². The second-order valence-corrected chi connectivity index (χ2v) is 5.52. The van der Waals surface area contributed by atoms with E-state index in [1.165, 1.54) is 42.1 Å². The number of nitrogens with zero attached hydrogens (tertiary/aromatic N) is 2. The molecule has 0 amide bonds. The summed E-state index contributed by atoms with van der Waals surface area (Å²) in [7, 11) is 1.45. The highest BCUT2D eigenvalue weighted by Gasteiger charge is 2.18. The number of hydrogen-bond donors (Lipinski definition) is 1. The minimum absolute atomic E-state index is 0.0350. The van der Waals surface area contributed by atoms with E-state index < -0.39 is 11.3 Å². The van der Waals surface area contributed by atoms with Crippen LogP contribution in [0.25, 0.3) is 0 Å². The first kappa shape index (κ1) is 19.2. The summed E-state index contributed by atoms with van der Waals surface area (Å²) >= 11 is 0. The highest BCUT2D eigenvalue weighted by molar-refractivity contribution is 6.10. The Morgan fingerprint density at radius 1 is 1.35 bits per heavy atom. The molecule has 0 spiro atoms. The zero-order valence-electron chi connectivity index (χ0n) is 14.7. The van der Waals surface area contributed by atoms with Gasteiger partial charge in [-0.15, -0.1) is 0 Å². The SMILES string of the molecule is CCOCCCn1cc(C(=O)c2cc(OC)ccc2O)cc(C#N)c1=O. The van der Waals surface area contributed by atoms with E-state index >= 15 is 0 Å². The zero-order chi connectivity index (χ0) is 19.1. The van der Waals surface area contributed by atoms with Crippen molar-refractivity contribution in [3.05, 3.63) is 57.5 Å². The number of phenols is 1. The molecule has 0 aliphatic rings. The number of ketones is 1. The van der Waals surface area contributed by atoms with E-state index in [1.54, 1.807) is 0 Å². The average Bonchev–Trinajstić information content (AvgIpc) is 2.66. The van der Waals surface area contributed by atoms with Gasteiger partial charge in [-0.25, -0.2) is 0 Å². The molecule has 1 aromatic carbocycles. The van der Waals surface area contributed by atoms with Gasteiger partial charge in [0.1, 0.15) is 23.1 Å². The van der Waals surface area contributed by atoms with Crippen molar-refractivity contribution in [3.63, 3.8) is 0 Å². The van der Waals surface area contributed by atoms with E-state index in [-0.39, 0.29) is 22.4 Å². The third-order valence-corrected chi connectivity index (χ3v) is 3.81. The summed E-state index contributed by atoms with van der Waals surface area (Å²) in [6, 6.07) is 7.35. The molecule has 0 saturated carbocycles. The molecule has 0 radical (unpaired) electrons. The van der Waals surface area contributed by atoms with Crippen LogP contribution in [0.3, 0.4) is 0 Å². The molecule has 2 aromatic rings. The summed E-state index contributed by atoms with van der Waals surface area (Å²) in [4.78, 5) is 25.0. The fourth-order valence-corrected chi connectivity index (χ4v) is 2.47. The summed E-state index contributed by atoms with van der Waals surface area (Å²) in [5, 5.41) is 19.2. The van der Waals surface area contributed by atoms with E-state index in [0.717, 1.165) is 0 Å². The molecule has 0 unspecified atom stereocenters. The second-order valence-electron chi connectivity index (χ2n) is 5.52. The molecular formula is C19H20N2O5. The normalized spacial score (nSPS) is 10.3. The van der Waals surface area contributed by atoms with Crippen molar-refractivity contribution in [3.8, 4) is 17.6 Å². The van der Waals surface area contributed by atoms with Crippen molar-refractivity contribution in [2.24, 2.45) is 0 Å². The highest BCUT2D eigenvalue weighted by Crippen LogP contribution is 2.25. The molecule has 0 fully saturated rings. The molecule has 26 heavy (non-hydrogen) atoms. The summed E-state index contributed by atoms with van der Waals surface area (Å²) in [6.07, 6.45) is 1.97. The predicted octanol–water partition coefficient (Wildman–Crippen LogP) is 2.09. The van der Waals surface area contributed by atoms with Gasteiger partial charge in [0.15, 0.2) is 5.78 Å². The quantitative estimate of drug-likeness (QED) is 0.574. The molecule has 136 valence electrons. The number of hydrogen-bond acceptors (Lipinski definition) is 6. The molecule has 7 heteroatoms. The molecule has 2 rings (SSSR count). The average molecular weight is 356 g/mol. The molecule has 0 bridgehead atoms. The van der Waals surface area contributed by atoms with Crippen molar-refractivity contribution in [2.75, 3.05) is 20.3 Å². The van der Waals surface area contributed by atoms with Gasteiger partial charge in [0.25, 0.3) is 5.56 Å². The lowest BCUT2D eigenvalue weighted by molar-refractivity contribution is 0.103. The second kappa shape index (κ2) is 8.83. The number of aryl methyl sites for hydroxylation is 1. The van der Waals surface area contributed by atoms with Crippen molar-refractivity contribution in [1.29, 1.82) is 5.26 Å². The molecule has 0 aliphatic carbocycles. The van der Waals surface area contributed by atoms with E-state index in [9.17, 15) is 20.0 Å². The van der Waals surface area contributed by atoms with E-state index in [0.29, 0.717) is 31.9 Å². The van der Waals surface area contributed by atoms with E-state index in [2.05, 4.69) is 0 Å². The van der Waals surface area contributed by atoms with Gasteiger partial charge in [0, 0.05) is 31.5 Å². The van der Waals surface area contributed by atoms with E-state index in [4.69, 9.17) is 9.47 Å². The number of rotatable bonds is 8. The zero-order valence-corrected chi connectivity index (χ0v) is 14.7. The topological polar surface area (TPSA) is 102 Å². The van der Waals surface area contributed by atoms with Gasteiger partial charge in [-0.1, -0.05) is 0 Å². The third kappa shape index (κ3) is 4.29. The Hall–Kier alpha value is -3.11. The maximum atomic E-state index is 12.8. The molecule has 0 atom stereocenters. The first-order chi connectivity index (χ1) is 12.5. The number of aromatic hydroxyl groups is 1. The Balaban J connectivity index is 2.41. The van der Waals surface area contributed by atoms with Crippen LogP contribution in [0.1, 0.15) is 34.8 Å². The van der Waals surface area contributed by atoms with Crippen LogP contribution in [0.2, 0.25) is 0 Å². The van der Waals surface area contributed by atoms with Crippen LogP contribution < -0.4 is 10.3 Å². The molecule has 1 N–H and O–H groups in total. The van der Waals surface area contributed by atoms with Crippen molar-refractivity contribution in [2.45, 2.75) is 19.9 Å². The van der Waals surface area contributed by atoms with Crippen LogP contribution >= 0.6 is 0 Å². The maximum Gasteiger partial charge on any atom is 0.268 e. The number of aromatic nitrogens is 1. The molecule has 1 heterocycles. The number of phenolic OH excluding ortho intramolecular Hbond substituents is 1. The maximum absolute atomic E-state index is 12.8. The molecule has 1 aromatic heterocycles. The lowest BCUT2D eigenvalue weighted by Gasteiger charge is -2.10. The minimum Gasteiger partial charge on any atom is -0.507 e. The monoisotopic (exact) mass is 356 g/mol. The molecule has 7 nitrogen and oxygen atoms in total. The van der Waals surface area contributed by atoms with Crippen molar-refractivity contribution in [1.82, 2.24) is 4.57 Å². The fourth-order valence-electron chi connectivity index (χ4n) is 2.47. The molecule has 0 aliphatic heterocycles. The summed E-state index contributed by atoms with van der Waals surface area (Å²) in [6.45, 7) is 3.24. The third-order valence-electron chi connectivity index (χ3n) is 3.81. The number of nitriles is 1. The predicted molar refractivity (Wildman–Crippen MR) is 94.6 cm³/mol. The lowest BCUT2D eigenvalue weighted by atomic mass is 10.0. The largest absolute Gasteiger partial charge is 0.507 e. The Morgan fingerprint density at radius 3 is 2.77 bits per heavy atom. The van der Waals surface area contributed by atoms with Crippen molar-refractivity contribution >= 4 is 5.78 Å². The van der Waals surface area contributed by atoms with Crippen LogP contribution in [0.4, 0.5) is 0 Å². The summed E-state index contributed by atoms with van der Waals surface area (Å²) < 4.78 is 11.6. The first-order valence-electron chi connectivity index (χ1n) is 8.15.